The van der Waals surface area contributed by atoms with Crippen molar-refractivity contribution in [1.29, 1.82) is 0 Å². The molecule has 0 saturated heterocycles. The quantitative estimate of drug-likeness (QED) is 0.515. The highest BCUT2D eigenvalue weighted by Gasteiger charge is 2.30. The van der Waals surface area contributed by atoms with Crippen LogP contribution in [0.5, 0.6) is 0 Å². The van der Waals surface area contributed by atoms with Crippen molar-refractivity contribution >= 4 is 15.8 Å². The molecule has 1 aromatic rings. The molecule has 0 unspecified atom stereocenters. The summed E-state index contributed by atoms with van der Waals surface area (Å²) in [5, 5.41) is 3.16. The zero-order valence-corrected chi connectivity index (χ0v) is 17.9. The molecule has 0 spiro atoms. The van der Waals surface area contributed by atoms with Crippen molar-refractivity contribution < 1.29 is 21.6 Å². The van der Waals surface area contributed by atoms with Gasteiger partial charge in [0.15, 0.2) is 5.96 Å². The molecule has 5 nitrogen and oxygen atoms in total. The van der Waals surface area contributed by atoms with Crippen molar-refractivity contribution in [3.63, 3.8) is 0 Å². The molecule has 0 bridgehead atoms. The van der Waals surface area contributed by atoms with Crippen LogP contribution in [0.3, 0.4) is 0 Å². The molecule has 0 aromatic heterocycles. The number of rotatable bonds is 8. The fourth-order valence-corrected chi connectivity index (χ4v) is 3.37. The summed E-state index contributed by atoms with van der Waals surface area (Å²) in [6, 6.07) is 5.06. The van der Waals surface area contributed by atoms with E-state index >= 15 is 0 Å². The van der Waals surface area contributed by atoms with Crippen molar-refractivity contribution in [2.45, 2.75) is 39.9 Å². The minimum Gasteiger partial charge on any atom is -0.357 e. The third-order valence-electron chi connectivity index (χ3n) is 4.20. The molecule has 160 valence electrons. The van der Waals surface area contributed by atoms with E-state index in [0.29, 0.717) is 32.0 Å². The summed E-state index contributed by atoms with van der Waals surface area (Å²) in [5.74, 6) is 0.725. The summed E-state index contributed by atoms with van der Waals surface area (Å²) in [6.45, 7) is 7.31. The Morgan fingerprint density at radius 2 is 1.75 bits per heavy atom. The van der Waals surface area contributed by atoms with Crippen molar-refractivity contribution in [3.8, 4) is 0 Å². The summed E-state index contributed by atoms with van der Waals surface area (Å²) < 4.78 is 60.8. The first-order chi connectivity index (χ1) is 12.7. The standard InChI is InChI=1S/C19H30F3N3O2S/c1-6-23-17(24-14-18(2,3)11-12-28(5,26)27)25(4)13-15-7-9-16(10-8-15)19(20,21)22/h7-10H,6,11-14H2,1-5H3,(H,23,24). The minimum atomic E-state index is -4.35. The van der Waals surface area contributed by atoms with Gasteiger partial charge in [-0.05, 0) is 36.5 Å². The van der Waals surface area contributed by atoms with Crippen LogP contribution in [0.25, 0.3) is 0 Å². The Bertz CT molecular complexity index is 758. The third kappa shape index (κ3) is 8.95. The Morgan fingerprint density at radius 3 is 2.21 bits per heavy atom. The average molecular weight is 422 g/mol. The van der Waals surface area contributed by atoms with Crippen LogP contribution in [0.4, 0.5) is 13.2 Å². The van der Waals surface area contributed by atoms with Crippen LogP contribution in [0.15, 0.2) is 29.3 Å². The van der Waals surface area contributed by atoms with Gasteiger partial charge in [0, 0.05) is 32.9 Å². The zero-order chi connectivity index (χ0) is 21.6. The molecular weight excluding hydrogens is 391 g/mol. The largest absolute Gasteiger partial charge is 0.416 e. The van der Waals surface area contributed by atoms with Crippen LogP contribution < -0.4 is 5.32 Å². The number of hydrogen-bond donors (Lipinski definition) is 1. The highest BCUT2D eigenvalue weighted by molar-refractivity contribution is 7.90. The van der Waals surface area contributed by atoms with Gasteiger partial charge in [-0.2, -0.15) is 13.2 Å². The number of aliphatic imine (C=N–C) groups is 1. The van der Waals surface area contributed by atoms with Crippen molar-refractivity contribution in [2.24, 2.45) is 10.4 Å². The Balaban J connectivity index is 2.82. The first kappa shape index (κ1) is 24.3. The third-order valence-corrected chi connectivity index (χ3v) is 5.15. The van der Waals surface area contributed by atoms with E-state index < -0.39 is 21.6 Å². The molecule has 9 heteroatoms. The van der Waals surface area contributed by atoms with Gasteiger partial charge in [-0.25, -0.2) is 8.42 Å². The van der Waals surface area contributed by atoms with E-state index in [0.717, 1.165) is 17.7 Å². The minimum absolute atomic E-state index is 0.105. The van der Waals surface area contributed by atoms with E-state index in [4.69, 9.17) is 0 Å². The molecule has 1 rings (SSSR count). The van der Waals surface area contributed by atoms with Crippen LogP contribution in [-0.2, 0) is 22.6 Å². The molecule has 28 heavy (non-hydrogen) atoms. The van der Waals surface area contributed by atoms with Crippen LogP contribution in [0.1, 0.15) is 38.3 Å². The topological polar surface area (TPSA) is 61.8 Å². The Hall–Kier alpha value is -1.77. The predicted octanol–water partition coefficient (Wildman–Crippen LogP) is 3.56. The Morgan fingerprint density at radius 1 is 1.18 bits per heavy atom. The SMILES string of the molecule is CCNC(=NCC(C)(C)CCS(C)(=O)=O)N(C)Cc1ccc(C(F)(F)F)cc1. The second kappa shape index (κ2) is 9.62. The van der Waals surface area contributed by atoms with Gasteiger partial charge in [0.1, 0.15) is 9.84 Å². The number of sulfone groups is 1. The predicted molar refractivity (Wildman–Crippen MR) is 107 cm³/mol. The Kier molecular flexibility index (Phi) is 8.34. The number of alkyl halides is 3. The zero-order valence-electron chi connectivity index (χ0n) is 17.1. The summed E-state index contributed by atoms with van der Waals surface area (Å²) in [4.78, 5) is 6.43. The number of nitrogens with zero attached hydrogens (tertiary/aromatic N) is 2. The lowest BCUT2D eigenvalue weighted by Crippen LogP contribution is -2.39. The molecule has 0 fully saturated rings. The van der Waals surface area contributed by atoms with Gasteiger partial charge >= 0.3 is 6.18 Å². The van der Waals surface area contributed by atoms with Gasteiger partial charge in [-0.15, -0.1) is 0 Å². The van der Waals surface area contributed by atoms with Gasteiger partial charge in [0.2, 0.25) is 0 Å². The summed E-state index contributed by atoms with van der Waals surface area (Å²) >= 11 is 0. The number of hydrogen-bond acceptors (Lipinski definition) is 3. The smallest absolute Gasteiger partial charge is 0.357 e. The van der Waals surface area contributed by atoms with Gasteiger partial charge in [0.25, 0.3) is 0 Å². The highest BCUT2D eigenvalue weighted by Crippen LogP contribution is 2.29. The van der Waals surface area contributed by atoms with Gasteiger partial charge in [0.05, 0.1) is 11.3 Å². The first-order valence-corrected chi connectivity index (χ1v) is 11.1. The van der Waals surface area contributed by atoms with Crippen LogP contribution >= 0.6 is 0 Å². The molecule has 1 N–H and O–H groups in total. The van der Waals surface area contributed by atoms with E-state index in [1.165, 1.54) is 18.4 Å². The Labute approximate surface area is 166 Å². The molecule has 0 radical (unpaired) electrons. The van der Waals surface area contributed by atoms with E-state index in [1.54, 1.807) is 0 Å². The molecule has 0 aliphatic rings. The van der Waals surface area contributed by atoms with Crippen LogP contribution in [-0.4, -0.2) is 51.4 Å². The second-order valence-corrected chi connectivity index (χ2v) is 10.0. The van der Waals surface area contributed by atoms with Crippen molar-refractivity contribution in [3.05, 3.63) is 35.4 Å². The maximum atomic E-state index is 12.7. The molecular formula is C19H30F3N3O2S. The van der Waals surface area contributed by atoms with Crippen molar-refractivity contribution in [2.75, 3.05) is 32.1 Å². The first-order valence-electron chi connectivity index (χ1n) is 9.07. The molecule has 0 atom stereocenters. The van der Waals surface area contributed by atoms with Gasteiger partial charge in [-0.1, -0.05) is 26.0 Å². The lowest BCUT2D eigenvalue weighted by molar-refractivity contribution is -0.137. The number of halogens is 3. The molecule has 0 saturated carbocycles. The molecule has 0 heterocycles. The maximum absolute atomic E-state index is 12.7. The van der Waals surface area contributed by atoms with E-state index in [2.05, 4.69) is 10.3 Å². The van der Waals surface area contributed by atoms with E-state index in [1.807, 2.05) is 32.7 Å². The number of benzene rings is 1. The summed E-state index contributed by atoms with van der Waals surface area (Å²) in [6.07, 6.45) is -2.63. The molecule has 0 amide bonds. The fourth-order valence-electron chi connectivity index (χ4n) is 2.45. The number of nitrogens with one attached hydrogen (secondary N) is 1. The lowest BCUT2D eigenvalue weighted by atomic mass is 9.90. The lowest BCUT2D eigenvalue weighted by Gasteiger charge is -2.26. The van der Waals surface area contributed by atoms with Crippen LogP contribution in [0, 0.1) is 5.41 Å². The average Bonchev–Trinajstić information content (AvgIpc) is 2.56. The summed E-state index contributed by atoms with van der Waals surface area (Å²) in [7, 11) is -1.22. The highest BCUT2D eigenvalue weighted by atomic mass is 32.2. The van der Waals surface area contributed by atoms with Gasteiger partial charge < -0.3 is 10.2 Å². The van der Waals surface area contributed by atoms with Crippen molar-refractivity contribution in [1.82, 2.24) is 10.2 Å². The summed E-state index contributed by atoms with van der Waals surface area (Å²) in [5.41, 5.74) is -0.233. The maximum Gasteiger partial charge on any atom is 0.416 e. The molecule has 0 aliphatic carbocycles. The van der Waals surface area contributed by atoms with E-state index in [-0.39, 0.29) is 11.2 Å². The normalized spacial score (nSPS) is 13.5. The molecule has 1 aromatic carbocycles. The second-order valence-electron chi connectivity index (χ2n) is 7.76. The fraction of sp³-hybridized carbons (Fsp3) is 0.632. The number of guanidine groups is 1. The van der Waals surface area contributed by atoms with E-state index in [9.17, 15) is 21.6 Å². The van der Waals surface area contributed by atoms with Gasteiger partial charge in [-0.3, -0.25) is 4.99 Å². The monoisotopic (exact) mass is 421 g/mol. The molecule has 0 aliphatic heterocycles. The van der Waals surface area contributed by atoms with Crippen LogP contribution in [0.2, 0.25) is 0 Å².